The number of carbonyl (C=O) groups is 7. The molecule has 426 valence electrons. The number of amides is 5. The molecule has 0 saturated carbocycles. The van der Waals surface area contributed by atoms with Crippen molar-refractivity contribution < 1.29 is 88.4 Å². The topological polar surface area (TPSA) is 405 Å². The van der Waals surface area contributed by atoms with Crippen molar-refractivity contribution in [1.29, 1.82) is 0 Å². The summed E-state index contributed by atoms with van der Waals surface area (Å²) in [4.78, 5) is 104. The molecule has 0 spiro atoms. The van der Waals surface area contributed by atoms with Crippen LogP contribution in [0.3, 0.4) is 0 Å². The van der Waals surface area contributed by atoms with Crippen molar-refractivity contribution in [3.8, 4) is 5.75 Å². The number of carboxylic acids is 3. The summed E-state index contributed by atoms with van der Waals surface area (Å²) in [6.45, 7) is -0.630. The minimum atomic E-state index is -1.77. The van der Waals surface area contributed by atoms with E-state index in [9.17, 15) is 79.4 Å². The van der Waals surface area contributed by atoms with Gasteiger partial charge in [-0.3, -0.25) is 48.9 Å². The van der Waals surface area contributed by atoms with E-state index in [0.29, 0.717) is 37.5 Å². The zero-order valence-corrected chi connectivity index (χ0v) is 42.9. The van der Waals surface area contributed by atoms with Crippen LogP contribution in [-0.4, -0.2) is 254 Å². The Labute approximate surface area is 442 Å². The molecule has 5 rings (SSSR count). The smallest absolute Gasteiger partial charge is 0.407 e. The molecule has 4 heterocycles. The Morgan fingerprint density at radius 1 is 0.803 bits per heavy atom. The molecule has 1 aromatic carbocycles. The third-order valence-electron chi connectivity index (χ3n) is 13.4. The van der Waals surface area contributed by atoms with Crippen LogP contribution >= 0.6 is 11.8 Å². The average Bonchev–Trinajstić information content (AvgIpc) is 3.93. The molecule has 76 heavy (non-hydrogen) atoms. The molecule has 1 aromatic rings. The maximum Gasteiger partial charge on any atom is 0.407 e. The fourth-order valence-electron chi connectivity index (χ4n) is 9.16. The van der Waals surface area contributed by atoms with Crippen LogP contribution in [-0.2, 0) is 40.1 Å². The predicted octanol–water partition coefficient (Wildman–Crippen LogP) is -2.68. The lowest BCUT2D eigenvalue weighted by Gasteiger charge is -2.39. The van der Waals surface area contributed by atoms with E-state index in [1.807, 2.05) is 16.7 Å². The van der Waals surface area contributed by atoms with Gasteiger partial charge in [0.1, 0.15) is 36.8 Å². The summed E-state index contributed by atoms with van der Waals surface area (Å²) in [6, 6.07) is 3.61. The zero-order valence-electron chi connectivity index (χ0n) is 42.1. The number of carboxylic acid groups (broad SMARTS) is 3. The first-order chi connectivity index (χ1) is 36.3. The van der Waals surface area contributed by atoms with E-state index in [1.165, 1.54) is 17.0 Å². The minimum absolute atomic E-state index is 0.00684. The highest BCUT2D eigenvalue weighted by atomic mass is 32.2. The highest BCUT2D eigenvalue weighted by Gasteiger charge is 2.45. The van der Waals surface area contributed by atoms with Crippen LogP contribution in [0.15, 0.2) is 18.2 Å². The van der Waals surface area contributed by atoms with Gasteiger partial charge >= 0.3 is 30.0 Å². The summed E-state index contributed by atoms with van der Waals surface area (Å²) in [5.74, 6) is -3.55. The number of carbonyl (C=O) groups excluding carboxylic acids is 4. The van der Waals surface area contributed by atoms with Crippen molar-refractivity contribution in [1.82, 2.24) is 46.2 Å². The van der Waals surface area contributed by atoms with E-state index >= 15 is 0 Å². The fraction of sp³-hybridized carbons (Fsp3) is 0.717. The third kappa shape index (κ3) is 19.7. The predicted molar refractivity (Wildman–Crippen MR) is 267 cm³/mol. The standard InChI is InChI=1S/C46H72N10O19S/c57-25-32-39(64)40(65)41(66)44(75-32)74-29-10-9-28(31(22-29)56(71)72)26-73-46(70)48-12-13-52-14-16-53(23-36(60)61)18-20-55(21-19-54(17-15-52)24-37(62)63)42(43(67)68)50-35(59)8-2-1-5-11-47-34(58)7-4-3-6-33-38-30(27-76-33)49-45(69)51-38/h9-10,22,30,32-33,38-42,44,57,64-66H,1-8,11-21,23-27H2,(H,47,58)(H,48,70)(H,50,59)(H,60,61)(H,62,63)(H,67,68)(H2,49,51,69). The van der Waals surface area contributed by atoms with Gasteiger partial charge in [0.05, 0.1) is 48.3 Å². The van der Waals surface area contributed by atoms with E-state index in [-0.39, 0.29) is 107 Å². The van der Waals surface area contributed by atoms with Gasteiger partial charge in [-0.05, 0) is 37.8 Å². The molecule has 4 aliphatic heterocycles. The zero-order chi connectivity index (χ0) is 55.3. The lowest BCUT2D eigenvalue weighted by Crippen LogP contribution is -2.60. The van der Waals surface area contributed by atoms with E-state index < -0.39 is 104 Å². The number of hydrogen-bond donors (Lipinski definition) is 12. The molecular weight excluding hydrogens is 1030 g/mol. The molecule has 4 fully saturated rings. The van der Waals surface area contributed by atoms with Crippen molar-refractivity contribution in [2.75, 3.05) is 97.4 Å². The van der Waals surface area contributed by atoms with Gasteiger partial charge in [0.25, 0.3) is 5.69 Å². The number of alkyl carbamates (subject to hydrolysis) is 1. The Bertz CT molecular complexity index is 2100. The number of nitrogens with one attached hydrogen (secondary N) is 5. The molecule has 30 heteroatoms. The van der Waals surface area contributed by atoms with Crippen LogP contribution in [0, 0.1) is 10.1 Å². The number of aliphatic carboxylic acids is 3. The summed E-state index contributed by atoms with van der Waals surface area (Å²) in [5.41, 5.74) is -0.574. The Hall–Kier alpha value is -5.70. The summed E-state index contributed by atoms with van der Waals surface area (Å²) in [5, 5.41) is 95.7. The number of ether oxygens (including phenoxy) is 3. The molecular formula is C46H72N10O19S. The number of unbranched alkanes of at least 4 members (excludes halogenated alkanes) is 3. The number of benzene rings is 1. The van der Waals surface area contributed by atoms with E-state index in [2.05, 4.69) is 26.6 Å². The van der Waals surface area contributed by atoms with Crippen LogP contribution in [0.2, 0.25) is 0 Å². The van der Waals surface area contributed by atoms with E-state index in [4.69, 9.17) is 14.2 Å². The molecule has 0 aromatic heterocycles. The van der Waals surface area contributed by atoms with Gasteiger partial charge in [0.15, 0.2) is 6.17 Å². The monoisotopic (exact) mass is 1100 g/mol. The van der Waals surface area contributed by atoms with Crippen LogP contribution in [0.25, 0.3) is 0 Å². The van der Waals surface area contributed by atoms with Gasteiger partial charge in [0.2, 0.25) is 18.1 Å². The van der Waals surface area contributed by atoms with Gasteiger partial charge < -0.3 is 76.5 Å². The maximum atomic E-state index is 13.1. The molecule has 0 aliphatic carbocycles. The number of nitro benzene ring substituents is 1. The third-order valence-corrected chi connectivity index (χ3v) is 14.9. The largest absolute Gasteiger partial charge is 0.480 e. The number of hydrogen-bond acceptors (Lipinski definition) is 21. The van der Waals surface area contributed by atoms with E-state index in [0.717, 1.165) is 31.1 Å². The number of rotatable bonds is 27. The molecule has 5 amide bonds. The molecule has 4 aliphatic rings. The first-order valence-corrected chi connectivity index (χ1v) is 26.3. The molecule has 12 N–H and O–H groups in total. The first-order valence-electron chi connectivity index (χ1n) is 25.3. The second-order valence-corrected chi connectivity index (χ2v) is 20.2. The minimum Gasteiger partial charge on any atom is -0.480 e. The Kier molecular flexibility index (Phi) is 24.9. The van der Waals surface area contributed by atoms with E-state index in [1.54, 1.807) is 9.80 Å². The summed E-state index contributed by atoms with van der Waals surface area (Å²) in [7, 11) is 0. The summed E-state index contributed by atoms with van der Waals surface area (Å²) < 4.78 is 16.0. The summed E-state index contributed by atoms with van der Waals surface area (Å²) >= 11 is 1.83. The maximum absolute atomic E-state index is 13.1. The van der Waals surface area contributed by atoms with Gasteiger partial charge in [0, 0.05) is 95.8 Å². The number of aliphatic hydroxyl groups is 4. The highest BCUT2D eigenvalue weighted by molar-refractivity contribution is 8.00. The molecule has 0 radical (unpaired) electrons. The van der Waals surface area contributed by atoms with Crippen LogP contribution < -0.4 is 31.3 Å². The second kappa shape index (κ2) is 30.9. The number of fused-ring (bicyclic) bond motifs is 1. The molecule has 0 bridgehead atoms. The first kappa shape index (κ1) is 61.2. The van der Waals surface area contributed by atoms with Gasteiger partial charge in [-0.1, -0.05) is 12.8 Å². The molecule has 9 unspecified atom stereocenters. The Balaban J connectivity index is 1.06. The average molecular weight is 1100 g/mol. The molecule has 29 nitrogen and oxygen atoms in total. The number of nitrogens with zero attached hydrogens (tertiary/aromatic N) is 5. The van der Waals surface area contributed by atoms with Crippen molar-refractivity contribution in [3.63, 3.8) is 0 Å². The molecule has 9 atom stereocenters. The van der Waals surface area contributed by atoms with Crippen molar-refractivity contribution in [2.45, 2.75) is 112 Å². The lowest BCUT2D eigenvalue weighted by molar-refractivity contribution is -0.386. The number of urea groups is 1. The number of thioether (sulfide) groups is 1. The van der Waals surface area contributed by atoms with Gasteiger partial charge in [-0.15, -0.1) is 0 Å². The number of nitro groups is 1. The van der Waals surface area contributed by atoms with Gasteiger partial charge in [-0.2, -0.15) is 11.8 Å². The number of aliphatic hydroxyl groups excluding tert-OH is 4. The Morgan fingerprint density at radius 3 is 2.09 bits per heavy atom. The van der Waals surface area contributed by atoms with Crippen molar-refractivity contribution in [3.05, 3.63) is 33.9 Å². The SMILES string of the molecule is O=C(O)CN1CCN(CCNC(=O)OCc2ccc(OC3OC(CO)C(O)C(O)C3O)cc2[N+](=O)[O-])CCN(CC(=O)O)CCN(C(NC(=O)CCCCCNC(=O)CCCCC2SCC3NC(=O)NC32)C(=O)O)CC1. The van der Waals surface area contributed by atoms with Crippen LogP contribution in [0.5, 0.6) is 5.75 Å². The van der Waals surface area contributed by atoms with Crippen LogP contribution in [0.4, 0.5) is 15.3 Å². The lowest BCUT2D eigenvalue weighted by atomic mass is 9.99. The normalized spacial score (nSPS) is 25.3. The highest BCUT2D eigenvalue weighted by Crippen LogP contribution is 2.33. The fourth-order valence-corrected chi connectivity index (χ4v) is 10.7. The summed E-state index contributed by atoms with van der Waals surface area (Å²) in [6.07, 6.45) is -6.01. The molecule has 4 saturated heterocycles. The van der Waals surface area contributed by atoms with Crippen molar-refractivity contribution >= 4 is 59.3 Å². The quantitative estimate of drug-likeness (QED) is 0.0185. The van der Waals surface area contributed by atoms with Gasteiger partial charge in [-0.25, -0.2) is 14.4 Å². The second-order valence-electron chi connectivity index (χ2n) is 18.9. The van der Waals surface area contributed by atoms with Crippen LogP contribution in [0.1, 0.15) is 56.9 Å². The van der Waals surface area contributed by atoms with Crippen molar-refractivity contribution in [2.24, 2.45) is 0 Å². The Morgan fingerprint density at radius 2 is 1.45 bits per heavy atom.